The topological polar surface area (TPSA) is 137 Å². The Morgan fingerprint density at radius 1 is 1.19 bits per heavy atom. The first kappa shape index (κ1) is 23.7. The number of cyclic esters (lactones) is 1. The van der Waals surface area contributed by atoms with Gasteiger partial charge in [-0.3, -0.25) is 19.8 Å². The van der Waals surface area contributed by atoms with Crippen molar-refractivity contribution < 1.29 is 14.3 Å². The fourth-order valence-corrected chi connectivity index (χ4v) is 5.94. The predicted molar refractivity (Wildman–Crippen MR) is 138 cm³/mol. The van der Waals surface area contributed by atoms with E-state index in [9.17, 15) is 9.59 Å². The molecule has 6 rings (SSSR count). The van der Waals surface area contributed by atoms with Gasteiger partial charge in [0.2, 0.25) is 5.91 Å². The number of H-pyrrole nitrogens is 1. The Morgan fingerprint density at radius 2 is 2.03 bits per heavy atom. The summed E-state index contributed by atoms with van der Waals surface area (Å²) in [5.74, 6) is 1.76. The van der Waals surface area contributed by atoms with Gasteiger partial charge in [0.25, 0.3) is 0 Å². The number of pyridine rings is 2. The van der Waals surface area contributed by atoms with Gasteiger partial charge in [-0.1, -0.05) is 6.42 Å². The van der Waals surface area contributed by atoms with Crippen LogP contribution in [0.5, 0.6) is 0 Å². The first-order chi connectivity index (χ1) is 18.0. The number of aromatic amines is 1. The lowest BCUT2D eigenvalue weighted by molar-refractivity contribution is -0.141. The van der Waals surface area contributed by atoms with Crippen molar-refractivity contribution in [2.45, 2.75) is 69.6 Å². The number of anilines is 3. The summed E-state index contributed by atoms with van der Waals surface area (Å²) >= 11 is 0. The molecule has 0 saturated carbocycles. The van der Waals surface area contributed by atoms with E-state index >= 15 is 0 Å². The Hall–Kier alpha value is -3.73. The monoisotopic (exact) mass is 504 g/mol. The van der Waals surface area contributed by atoms with E-state index in [-0.39, 0.29) is 17.9 Å². The number of hydrogen-bond acceptors (Lipinski definition) is 9. The van der Waals surface area contributed by atoms with E-state index in [0.717, 1.165) is 48.1 Å². The van der Waals surface area contributed by atoms with Crippen molar-refractivity contribution in [1.82, 2.24) is 30.4 Å². The average Bonchev–Trinajstić information content (AvgIpc) is 3.46. The maximum Gasteiger partial charge on any atom is 0.328 e. The van der Waals surface area contributed by atoms with Crippen molar-refractivity contribution in [2.75, 3.05) is 23.8 Å². The van der Waals surface area contributed by atoms with E-state index in [1.165, 1.54) is 6.42 Å². The molecule has 3 saturated heterocycles. The van der Waals surface area contributed by atoms with Crippen LogP contribution in [0.2, 0.25) is 0 Å². The van der Waals surface area contributed by atoms with Crippen LogP contribution in [0, 0.1) is 6.92 Å². The van der Waals surface area contributed by atoms with E-state index < -0.39 is 6.04 Å². The second-order valence-corrected chi connectivity index (χ2v) is 10.3. The zero-order valence-electron chi connectivity index (χ0n) is 20.9. The molecule has 0 spiro atoms. The Labute approximate surface area is 214 Å². The molecule has 0 radical (unpaired) electrons. The lowest BCUT2D eigenvalue weighted by Gasteiger charge is -2.48. The van der Waals surface area contributed by atoms with Crippen molar-refractivity contribution in [3.05, 3.63) is 36.2 Å². The summed E-state index contributed by atoms with van der Waals surface area (Å²) < 4.78 is 4.98. The number of rotatable bonds is 7. The summed E-state index contributed by atoms with van der Waals surface area (Å²) in [7, 11) is 0. The summed E-state index contributed by atoms with van der Waals surface area (Å²) in [5, 5.41) is 18.0. The minimum atomic E-state index is -0.509. The van der Waals surface area contributed by atoms with Crippen molar-refractivity contribution in [2.24, 2.45) is 0 Å². The second kappa shape index (κ2) is 9.97. The van der Waals surface area contributed by atoms with Crippen molar-refractivity contribution >= 4 is 40.2 Å². The van der Waals surface area contributed by atoms with Gasteiger partial charge in [-0.2, -0.15) is 5.10 Å². The molecule has 3 aliphatic heterocycles. The number of carbonyl (C=O) groups is 2. The van der Waals surface area contributed by atoms with Crippen LogP contribution < -0.4 is 16.0 Å². The summed E-state index contributed by atoms with van der Waals surface area (Å²) in [4.78, 5) is 36.3. The molecule has 3 fully saturated rings. The first-order valence-electron chi connectivity index (χ1n) is 13.0. The highest BCUT2D eigenvalue weighted by molar-refractivity contribution is 5.91. The van der Waals surface area contributed by atoms with Gasteiger partial charge in [-0.25, -0.2) is 9.78 Å². The first-order valence-corrected chi connectivity index (χ1v) is 13.0. The van der Waals surface area contributed by atoms with Crippen LogP contribution in [0.4, 0.5) is 17.5 Å². The average molecular weight is 505 g/mol. The molecule has 4 atom stereocenters. The summed E-state index contributed by atoms with van der Waals surface area (Å²) in [6.45, 7) is 2.65. The zero-order chi connectivity index (χ0) is 25.4. The predicted octanol–water partition coefficient (Wildman–Crippen LogP) is 2.63. The molecule has 37 heavy (non-hydrogen) atoms. The Kier molecular flexibility index (Phi) is 6.37. The van der Waals surface area contributed by atoms with Gasteiger partial charge >= 0.3 is 5.97 Å². The number of fused-ring (bicyclic) bond motifs is 3. The molecule has 1 amide bonds. The van der Waals surface area contributed by atoms with Crippen LogP contribution in [0.3, 0.4) is 0 Å². The van der Waals surface area contributed by atoms with E-state index in [1.54, 1.807) is 6.20 Å². The molecule has 3 aromatic heterocycles. The fraction of sp³-hybridized carbons (Fsp3) is 0.500. The van der Waals surface area contributed by atoms with Crippen LogP contribution in [0.15, 0.2) is 30.5 Å². The molecule has 11 nitrogen and oxygen atoms in total. The lowest BCUT2D eigenvalue weighted by atomic mass is 9.81. The van der Waals surface area contributed by atoms with E-state index in [1.807, 2.05) is 31.2 Å². The van der Waals surface area contributed by atoms with Gasteiger partial charge in [0.15, 0.2) is 5.82 Å². The molecular weight excluding hydrogens is 472 g/mol. The molecule has 1 unspecified atom stereocenters. The molecule has 11 heteroatoms. The standard InChI is InChI=1S/C26H32N8O3/c1-15-10-23(33-32-15)30-22-13-21-19(6-3-8-27-21)25(31-22)28-16-11-17-4-2-5-18(12-16)34(17)14-24(35)29-20-7-9-37-26(20)36/h3,6,8,10,13,16-18,20H,2,4-5,7,9,11-12,14H2,1H3,(H,29,35)(H3,28,30,31,32,33)/t16?,17-,18+,20-/m0/s1. The lowest BCUT2D eigenvalue weighted by Crippen LogP contribution is -2.58. The number of piperidine rings is 2. The number of nitrogens with zero attached hydrogens (tertiary/aromatic N) is 4. The third-order valence-corrected chi connectivity index (χ3v) is 7.62. The van der Waals surface area contributed by atoms with Gasteiger partial charge in [-0.05, 0) is 44.7 Å². The highest BCUT2D eigenvalue weighted by Crippen LogP contribution is 2.36. The Balaban J connectivity index is 1.16. The minimum absolute atomic E-state index is 0.0988. The number of esters is 1. The number of amides is 1. The number of hydrogen-bond donors (Lipinski definition) is 4. The second-order valence-electron chi connectivity index (χ2n) is 10.3. The van der Waals surface area contributed by atoms with E-state index in [2.05, 4.69) is 36.0 Å². The summed E-state index contributed by atoms with van der Waals surface area (Å²) in [5.41, 5.74) is 1.82. The summed E-state index contributed by atoms with van der Waals surface area (Å²) in [6.07, 6.45) is 7.47. The molecule has 4 N–H and O–H groups in total. The number of aromatic nitrogens is 4. The molecule has 3 aliphatic rings. The van der Waals surface area contributed by atoms with Crippen LogP contribution in [0.1, 0.15) is 44.2 Å². The number of nitrogens with one attached hydrogen (secondary N) is 4. The van der Waals surface area contributed by atoms with Gasteiger partial charge in [0, 0.05) is 54.0 Å². The van der Waals surface area contributed by atoms with Crippen LogP contribution in [-0.2, 0) is 14.3 Å². The molecule has 194 valence electrons. The van der Waals surface area contributed by atoms with E-state index in [4.69, 9.17) is 9.72 Å². The highest BCUT2D eigenvalue weighted by Gasteiger charge is 2.40. The third kappa shape index (κ3) is 5.08. The SMILES string of the molecule is Cc1cc(Nc2cc3ncccc3c(NC3C[C@H]4CCC[C@@H](C3)N4CC(=O)N[C@H]3CCOC3=O)n2)n[nH]1. The molecule has 6 heterocycles. The summed E-state index contributed by atoms with van der Waals surface area (Å²) in [6, 6.07) is 8.17. The quantitative estimate of drug-likeness (QED) is 0.358. The van der Waals surface area contributed by atoms with Gasteiger partial charge < -0.3 is 20.7 Å². The van der Waals surface area contributed by atoms with Gasteiger partial charge in [0.1, 0.15) is 17.7 Å². The molecule has 0 aliphatic carbocycles. The molecule has 3 aromatic rings. The molecule has 2 bridgehead atoms. The fourth-order valence-electron chi connectivity index (χ4n) is 5.94. The van der Waals surface area contributed by atoms with Crippen molar-refractivity contribution in [3.63, 3.8) is 0 Å². The smallest absolute Gasteiger partial charge is 0.328 e. The van der Waals surface area contributed by atoms with Gasteiger partial charge in [-0.15, -0.1) is 0 Å². The maximum atomic E-state index is 12.7. The number of aryl methyl sites for hydroxylation is 1. The van der Waals surface area contributed by atoms with E-state index in [0.29, 0.717) is 43.3 Å². The highest BCUT2D eigenvalue weighted by atomic mass is 16.5. The third-order valence-electron chi connectivity index (χ3n) is 7.62. The Morgan fingerprint density at radius 3 is 2.76 bits per heavy atom. The van der Waals surface area contributed by atoms with Crippen molar-refractivity contribution in [3.8, 4) is 0 Å². The largest absolute Gasteiger partial charge is 0.464 e. The van der Waals surface area contributed by atoms with Crippen LogP contribution in [0.25, 0.3) is 10.9 Å². The number of carbonyl (C=O) groups excluding carboxylic acids is 2. The molecule has 0 aromatic carbocycles. The Bertz CT molecular complexity index is 1300. The minimum Gasteiger partial charge on any atom is -0.464 e. The van der Waals surface area contributed by atoms with Crippen molar-refractivity contribution in [1.29, 1.82) is 0 Å². The van der Waals surface area contributed by atoms with Gasteiger partial charge in [0.05, 0.1) is 18.7 Å². The van der Waals surface area contributed by atoms with Crippen LogP contribution in [-0.4, -0.2) is 74.3 Å². The number of ether oxygens (including phenoxy) is 1. The van der Waals surface area contributed by atoms with Crippen LogP contribution >= 0.6 is 0 Å². The maximum absolute atomic E-state index is 12.7. The molecular formula is C26H32N8O3. The zero-order valence-corrected chi connectivity index (χ0v) is 20.9. The normalized spacial score (nSPS) is 25.6.